The molecule has 1 atom stereocenters. The summed E-state index contributed by atoms with van der Waals surface area (Å²) in [5.74, 6) is 0.405. The van der Waals surface area contributed by atoms with Gasteiger partial charge in [0.1, 0.15) is 11.4 Å². The molecule has 5 aromatic rings. The van der Waals surface area contributed by atoms with Crippen LogP contribution in [0.5, 0.6) is 5.75 Å². The monoisotopic (exact) mass is 718 g/mol. The van der Waals surface area contributed by atoms with Crippen molar-refractivity contribution in [3.8, 4) is 22.7 Å². The number of carbonyl (C=O) groups is 2. The second kappa shape index (κ2) is 15.8. The molecule has 2 aromatic heterocycles. The van der Waals surface area contributed by atoms with Gasteiger partial charge in [-0.15, -0.1) is 0 Å². The lowest BCUT2D eigenvalue weighted by atomic mass is 9.95. The minimum absolute atomic E-state index is 0.114. The van der Waals surface area contributed by atoms with Crippen molar-refractivity contribution in [2.45, 2.75) is 47.1 Å². The summed E-state index contributed by atoms with van der Waals surface area (Å²) in [6.07, 6.45) is 4.69. The fourth-order valence-electron chi connectivity index (χ4n) is 5.83. The highest BCUT2D eigenvalue weighted by molar-refractivity contribution is 7.07. The van der Waals surface area contributed by atoms with Gasteiger partial charge in [-0.25, -0.2) is 19.3 Å². The number of para-hydroxylation sites is 1. The van der Waals surface area contributed by atoms with Crippen molar-refractivity contribution in [1.82, 2.24) is 14.3 Å². The molecule has 6 rings (SSSR count). The molecule has 52 heavy (non-hydrogen) atoms. The first-order chi connectivity index (χ1) is 25.0. The molecule has 0 saturated carbocycles. The van der Waals surface area contributed by atoms with Crippen LogP contribution in [0.15, 0.2) is 106 Å². The first-order valence-electron chi connectivity index (χ1n) is 17.3. The van der Waals surface area contributed by atoms with Gasteiger partial charge in [-0.3, -0.25) is 9.36 Å². The summed E-state index contributed by atoms with van der Waals surface area (Å²) in [5, 5.41) is 4.96. The van der Waals surface area contributed by atoms with Crippen molar-refractivity contribution in [1.29, 1.82) is 0 Å². The molecule has 0 fully saturated rings. The van der Waals surface area contributed by atoms with Crippen molar-refractivity contribution < 1.29 is 23.8 Å². The third-order valence-corrected chi connectivity index (χ3v) is 9.56. The Morgan fingerprint density at radius 2 is 1.63 bits per heavy atom. The molecule has 3 heterocycles. The number of allylic oxidation sites excluding steroid dienone is 1. The number of ether oxygens (including phenoxy) is 3. The van der Waals surface area contributed by atoms with Crippen molar-refractivity contribution in [3.05, 3.63) is 133 Å². The molecule has 11 heteroatoms. The quantitative estimate of drug-likeness (QED) is 0.135. The first kappa shape index (κ1) is 36.2. The molecule has 1 unspecified atom stereocenters. The molecule has 1 aliphatic rings. The molecule has 0 amide bonds. The predicted molar refractivity (Wildman–Crippen MR) is 201 cm³/mol. The molecule has 0 radical (unpaired) electrons. The number of fused-ring (bicyclic) bond motifs is 1. The van der Waals surface area contributed by atoms with Gasteiger partial charge >= 0.3 is 11.9 Å². The number of carbonyl (C=O) groups excluding carboxylic acids is 2. The Bertz CT molecular complexity index is 2280. The lowest BCUT2D eigenvalue weighted by Crippen LogP contribution is -2.40. The van der Waals surface area contributed by atoms with Crippen molar-refractivity contribution in [2.75, 3.05) is 20.3 Å². The molecule has 0 spiro atoms. The van der Waals surface area contributed by atoms with E-state index in [0.717, 1.165) is 29.0 Å². The van der Waals surface area contributed by atoms with Gasteiger partial charge in [-0.05, 0) is 85.4 Å². The number of hydrogen-bond acceptors (Lipinski definition) is 9. The average molecular weight is 719 g/mol. The number of methoxy groups -OCH3 is 1. The fourth-order valence-corrected chi connectivity index (χ4v) is 6.87. The zero-order valence-corrected chi connectivity index (χ0v) is 31.0. The van der Waals surface area contributed by atoms with E-state index < -0.39 is 18.0 Å². The third kappa shape index (κ3) is 7.84. The number of benzene rings is 3. The molecule has 3 aromatic carbocycles. The Balaban J connectivity index is 1.47. The van der Waals surface area contributed by atoms with E-state index in [1.165, 1.54) is 23.0 Å². The van der Waals surface area contributed by atoms with Gasteiger partial charge in [0.05, 0.1) is 53.4 Å². The lowest BCUT2D eigenvalue weighted by molar-refractivity contribution is -0.140. The predicted octanol–water partition coefficient (Wildman–Crippen LogP) is 6.50. The molecule has 0 bridgehead atoms. The normalized spacial score (nSPS) is 14.4. The van der Waals surface area contributed by atoms with Crippen molar-refractivity contribution in [2.24, 2.45) is 16.8 Å². The minimum Gasteiger partial charge on any atom is -0.494 e. The van der Waals surface area contributed by atoms with Gasteiger partial charge < -0.3 is 14.2 Å². The van der Waals surface area contributed by atoms with Crippen molar-refractivity contribution in [3.63, 3.8) is 0 Å². The maximum absolute atomic E-state index is 14.5. The van der Waals surface area contributed by atoms with E-state index in [4.69, 9.17) is 24.3 Å². The Hall–Kier alpha value is -5.55. The summed E-state index contributed by atoms with van der Waals surface area (Å²) in [5.41, 5.74) is 4.52. The summed E-state index contributed by atoms with van der Waals surface area (Å²) >= 11 is 1.24. The Morgan fingerprint density at radius 3 is 2.29 bits per heavy atom. The molecule has 0 aliphatic carbocycles. The van der Waals surface area contributed by atoms with E-state index in [1.807, 2.05) is 80.7 Å². The van der Waals surface area contributed by atoms with Gasteiger partial charge in [0.15, 0.2) is 4.80 Å². The maximum Gasteiger partial charge on any atom is 0.338 e. The molecule has 10 nitrogen and oxygen atoms in total. The molecule has 268 valence electrons. The maximum atomic E-state index is 14.5. The van der Waals surface area contributed by atoms with Crippen molar-refractivity contribution >= 4 is 29.4 Å². The topological polar surface area (TPSA) is 114 Å². The SMILES string of the molecule is COC(=O)c1ccc(C2C(C(=O)OCC(C)C)=C(C)N=c3sc(=Cc4cn(-c5ccccc5)nc4-c4ccc(OCCC(C)C)cc4)c(=O)n32)cc1. The standard InChI is InChI=1S/C41H42N4O6S/c1-25(2)20-21-50-33-18-16-28(17-19-33)36-31(23-44(43-36)32-10-8-7-9-11-32)22-34-38(46)45-37(29-12-14-30(15-13-29)39(47)49-6)35(27(5)42-41(45)52-34)40(48)51-24-26(3)4/h7-19,22-23,25-26,37H,20-21,24H2,1-6H3. The zero-order chi connectivity index (χ0) is 36.9. The number of aromatic nitrogens is 3. The van der Waals surface area contributed by atoms with Crippen LogP contribution in [0.2, 0.25) is 0 Å². The van der Waals surface area contributed by atoms with Crippen LogP contribution in [0.25, 0.3) is 23.0 Å². The highest BCUT2D eigenvalue weighted by atomic mass is 32.1. The number of nitrogens with zero attached hydrogens (tertiary/aromatic N) is 4. The van der Waals surface area contributed by atoms with E-state index in [2.05, 4.69) is 13.8 Å². The van der Waals surface area contributed by atoms with Crippen LogP contribution in [-0.4, -0.2) is 46.6 Å². The van der Waals surface area contributed by atoms with Crippen LogP contribution >= 0.6 is 11.3 Å². The zero-order valence-electron chi connectivity index (χ0n) is 30.2. The summed E-state index contributed by atoms with van der Waals surface area (Å²) in [6.45, 7) is 10.8. The summed E-state index contributed by atoms with van der Waals surface area (Å²) in [7, 11) is 1.32. The van der Waals surface area contributed by atoms with Crippen LogP contribution in [0.3, 0.4) is 0 Å². The second-order valence-electron chi connectivity index (χ2n) is 13.5. The number of hydrogen-bond donors (Lipinski definition) is 0. The van der Waals surface area contributed by atoms with E-state index in [0.29, 0.717) is 44.4 Å². The van der Waals surface area contributed by atoms with Gasteiger partial charge in [0, 0.05) is 17.3 Å². The largest absolute Gasteiger partial charge is 0.494 e. The van der Waals surface area contributed by atoms with E-state index in [9.17, 15) is 14.4 Å². The number of esters is 2. The Kier molecular flexibility index (Phi) is 11.0. The van der Waals surface area contributed by atoms with Crippen LogP contribution in [0, 0.1) is 11.8 Å². The molecule has 0 N–H and O–H groups in total. The highest BCUT2D eigenvalue weighted by Crippen LogP contribution is 2.32. The average Bonchev–Trinajstić information content (AvgIpc) is 3.70. The van der Waals surface area contributed by atoms with Gasteiger partial charge in [-0.2, -0.15) is 5.10 Å². The number of rotatable bonds is 12. The van der Waals surface area contributed by atoms with Crippen LogP contribution < -0.4 is 19.6 Å². The molecular weight excluding hydrogens is 677 g/mol. The second-order valence-corrected chi connectivity index (χ2v) is 14.5. The van der Waals surface area contributed by atoms with E-state index in [1.54, 1.807) is 35.9 Å². The number of thiazole rings is 1. The van der Waals surface area contributed by atoms with Crippen LogP contribution in [-0.2, 0) is 14.3 Å². The Labute approximate surface area is 306 Å². The van der Waals surface area contributed by atoms with E-state index >= 15 is 0 Å². The molecular formula is C41H42N4O6S. The summed E-state index contributed by atoms with van der Waals surface area (Å²) < 4.78 is 20.3. The lowest BCUT2D eigenvalue weighted by Gasteiger charge is -2.25. The van der Waals surface area contributed by atoms with E-state index in [-0.39, 0.29) is 23.7 Å². The summed E-state index contributed by atoms with van der Waals surface area (Å²) in [6, 6.07) is 23.4. The first-order valence-corrected chi connectivity index (χ1v) is 18.1. The fraction of sp³-hybridized carbons (Fsp3) is 0.293. The Morgan fingerprint density at radius 1 is 0.923 bits per heavy atom. The minimum atomic E-state index is -0.834. The van der Waals surface area contributed by atoms with Gasteiger partial charge in [0.25, 0.3) is 5.56 Å². The van der Waals surface area contributed by atoms with Gasteiger partial charge in [-0.1, -0.05) is 69.4 Å². The highest BCUT2D eigenvalue weighted by Gasteiger charge is 2.34. The molecule has 1 aliphatic heterocycles. The third-order valence-electron chi connectivity index (χ3n) is 8.58. The van der Waals surface area contributed by atoms with Gasteiger partial charge in [0.2, 0.25) is 0 Å². The molecule has 0 saturated heterocycles. The van der Waals surface area contributed by atoms with Crippen LogP contribution in [0.4, 0.5) is 0 Å². The van der Waals surface area contributed by atoms with Crippen LogP contribution in [0.1, 0.15) is 68.6 Å². The smallest absolute Gasteiger partial charge is 0.338 e. The summed E-state index contributed by atoms with van der Waals surface area (Å²) in [4.78, 5) is 45.5.